The first-order valence-corrected chi connectivity index (χ1v) is 8.51. The highest BCUT2D eigenvalue weighted by Gasteiger charge is 2.38. The molecule has 1 saturated heterocycles. The maximum absolute atomic E-state index is 11.8. The lowest BCUT2D eigenvalue weighted by molar-refractivity contribution is -0.145. The summed E-state index contributed by atoms with van der Waals surface area (Å²) in [7, 11) is 1.71. The average molecular weight is 309 g/mol. The molecular formula is C16H23NO3S. The topological polar surface area (TPSA) is 58.6 Å². The van der Waals surface area contributed by atoms with Crippen LogP contribution in [0, 0.1) is 0 Å². The summed E-state index contributed by atoms with van der Waals surface area (Å²) in [5.41, 5.74) is -0.206. The van der Waals surface area contributed by atoms with Crippen LogP contribution in [0.3, 0.4) is 0 Å². The van der Waals surface area contributed by atoms with Crippen molar-refractivity contribution in [2.45, 2.75) is 30.9 Å². The van der Waals surface area contributed by atoms with Gasteiger partial charge in [-0.25, -0.2) is 4.79 Å². The molecule has 0 amide bonds. The summed E-state index contributed by atoms with van der Waals surface area (Å²) in [4.78, 5) is 11.8. The second-order valence-corrected chi connectivity index (χ2v) is 6.44. The molecule has 1 aliphatic heterocycles. The number of benzene rings is 1. The fourth-order valence-corrected chi connectivity index (χ4v) is 3.83. The van der Waals surface area contributed by atoms with Crippen LogP contribution in [-0.2, 0) is 15.1 Å². The van der Waals surface area contributed by atoms with E-state index < -0.39 is 11.5 Å². The Kier molecular flexibility index (Phi) is 6.08. The first-order valence-electron chi connectivity index (χ1n) is 7.36. The third-order valence-corrected chi connectivity index (χ3v) is 5.11. The van der Waals surface area contributed by atoms with Gasteiger partial charge in [0.15, 0.2) is 0 Å². The fourth-order valence-electron chi connectivity index (χ4n) is 2.69. The predicted octanol–water partition coefficient (Wildman–Crippen LogP) is 2.49. The third-order valence-electron chi connectivity index (χ3n) is 4.01. The molecule has 4 nitrogen and oxygen atoms in total. The number of ether oxygens (including phenoxy) is 1. The number of thioether (sulfide) groups is 1. The van der Waals surface area contributed by atoms with Gasteiger partial charge in [-0.05, 0) is 37.6 Å². The highest BCUT2D eigenvalue weighted by molar-refractivity contribution is 7.99. The standard InChI is InChI=1S/C16H23NO3S/c1-17-16(15(18)19,13-6-3-2-4-7-13)9-11-21-12-14-8-5-10-20-14/h2-4,6-7,14,17H,5,8-12H2,1H3,(H,18,19). The molecule has 5 heteroatoms. The highest BCUT2D eigenvalue weighted by atomic mass is 32.2. The molecule has 0 bridgehead atoms. The number of nitrogens with one attached hydrogen (secondary N) is 1. The summed E-state index contributed by atoms with van der Waals surface area (Å²) in [6.07, 6.45) is 3.17. The average Bonchev–Trinajstić information content (AvgIpc) is 3.01. The molecule has 0 aliphatic carbocycles. The molecule has 0 spiro atoms. The van der Waals surface area contributed by atoms with Crippen molar-refractivity contribution >= 4 is 17.7 Å². The van der Waals surface area contributed by atoms with Gasteiger partial charge in [0.2, 0.25) is 0 Å². The van der Waals surface area contributed by atoms with E-state index in [4.69, 9.17) is 4.74 Å². The van der Waals surface area contributed by atoms with E-state index in [1.165, 1.54) is 0 Å². The first kappa shape index (κ1) is 16.3. The lowest BCUT2D eigenvalue weighted by Gasteiger charge is -2.29. The Hall–Kier alpha value is -1.04. The van der Waals surface area contributed by atoms with Crippen LogP contribution in [0.5, 0.6) is 0 Å². The Morgan fingerprint density at radius 2 is 2.24 bits per heavy atom. The smallest absolute Gasteiger partial charge is 0.328 e. The number of hydrogen-bond acceptors (Lipinski definition) is 4. The van der Waals surface area contributed by atoms with E-state index >= 15 is 0 Å². The Bertz CT molecular complexity index is 448. The molecule has 2 rings (SSSR count). The minimum absolute atomic E-state index is 0.348. The molecular weight excluding hydrogens is 286 g/mol. The second-order valence-electron chi connectivity index (χ2n) is 5.29. The number of carboxylic acids is 1. The van der Waals surface area contributed by atoms with Crippen LogP contribution in [-0.4, -0.2) is 42.3 Å². The van der Waals surface area contributed by atoms with Crippen LogP contribution >= 0.6 is 11.8 Å². The van der Waals surface area contributed by atoms with E-state index in [0.717, 1.165) is 36.5 Å². The Morgan fingerprint density at radius 3 is 2.81 bits per heavy atom. The van der Waals surface area contributed by atoms with Crippen molar-refractivity contribution in [3.63, 3.8) is 0 Å². The molecule has 116 valence electrons. The Labute approximate surface area is 130 Å². The summed E-state index contributed by atoms with van der Waals surface area (Å²) < 4.78 is 5.59. The van der Waals surface area contributed by atoms with E-state index in [1.54, 1.807) is 18.8 Å². The number of aliphatic carboxylic acids is 1. The number of rotatable bonds is 8. The molecule has 2 atom stereocenters. The fraction of sp³-hybridized carbons (Fsp3) is 0.562. The van der Waals surface area contributed by atoms with Crippen molar-refractivity contribution in [2.24, 2.45) is 0 Å². The molecule has 1 aromatic rings. The summed E-state index contributed by atoms with van der Waals surface area (Å²) in [6, 6.07) is 9.40. The number of likely N-dealkylation sites (N-methyl/N-ethyl adjacent to an activating group) is 1. The lowest BCUT2D eigenvalue weighted by atomic mass is 9.87. The van der Waals surface area contributed by atoms with Crippen LogP contribution in [0.15, 0.2) is 30.3 Å². The Morgan fingerprint density at radius 1 is 1.48 bits per heavy atom. The Balaban J connectivity index is 1.95. The zero-order valence-electron chi connectivity index (χ0n) is 12.4. The monoisotopic (exact) mass is 309 g/mol. The molecule has 1 aliphatic rings. The highest BCUT2D eigenvalue weighted by Crippen LogP contribution is 2.28. The summed E-state index contributed by atoms with van der Waals surface area (Å²) >= 11 is 1.78. The van der Waals surface area contributed by atoms with Crippen LogP contribution in [0.2, 0.25) is 0 Å². The maximum atomic E-state index is 11.8. The molecule has 1 fully saturated rings. The maximum Gasteiger partial charge on any atom is 0.328 e. The summed E-state index contributed by atoms with van der Waals surface area (Å²) in [6.45, 7) is 0.866. The zero-order valence-corrected chi connectivity index (χ0v) is 13.2. The van der Waals surface area contributed by atoms with Gasteiger partial charge in [0.05, 0.1) is 6.10 Å². The van der Waals surface area contributed by atoms with E-state index in [1.807, 2.05) is 30.3 Å². The number of carboxylic acid groups (broad SMARTS) is 1. The minimum Gasteiger partial charge on any atom is -0.480 e. The van der Waals surface area contributed by atoms with Crippen molar-refractivity contribution in [1.82, 2.24) is 5.32 Å². The van der Waals surface area contributed by atoms with Crippen molar-refractivity contribution in [3.8, 4) is 0 Å². The normalized spacial score (nSPS) is 21.1. The quantitative estimate of drug-likeness (QED) is 0.723. The molecule has 0 aromatic heterocycles. The summed E-state index contributed by atoms with van der Waals surface area (Å²) in [5, 5.41) is 12.7. The van der Waals surface area contributed by atoms with Crippen molar-refractivity contribution in [1.29, 1.82) is 0 Å². The molecule has 2 unspecified atom stereocenters. The molecule has 1 aromatic carbocycles. The van der Waals surface area contributed by atoms with Crippen LogP contribution in [0.4, 0.5) is 0 Å². The van der Waals surface area contributed by atoms with E-state index in [2.05, 4.69) is 5.32 Å². The first-order chi connectivity index (χ1) is 10.2. The van der Waals surface area contributed by atoms with Gasteiger partial charge in [-0.15, -0.1) is 0 Å². The SMILES string of the molecule is CNC(CCSCC1CCCO1)(C(=O)O)c1ccccc1. The van der Waals surface area contributed by atoms with Gasteiger partial charge in [-0.3, -0.25) is 0 Å². The minimum atomic E-state index is -1.01. The van der Waals surface area contributed by atoms with Gasteiger partial charge in [-0.2, -0.15) is 11.8 Å². The van der Waals surface area contributed by atoms with E-state index in [9.17, 15) is 9.90 Å². The van der Waals surface area contributed by atoms with Crippen LogP contribution in [0.1, 0.15) is 24.8 Å². The molecule has 21 heavy (non-hydrogen) atoms. The third kappa shape index (κ3) is 3.99. The molecule has 0 saturated carbocycles. The van der Waals surface area contributed by atoms with Crippen molar-refractivity contribution in [3.05, 3.63) is 35.9 Å². The van der Waals surface area contributed by atoms with Gasteiger partial charge < -0.3 is 15.2 Å². The molecule has 2 N–H and O–H groups in total. The second kappa shape index (κ2) is 7.82. The van der Waals surface area contributed by atoms with Gasteiger partial charge in [0.25, 0.3) is 0 Å². The van der Waals surface area contributed by atoms with Crippen molar-refractivity contribution < 1.29 is 14.6 Å². The largest absolute Gasteiger partial charge is 0.480 e. The van der Waals surface area contributed by atoms with E-state index in [-0.39, 0.29) is 0 Å². The molecule has 0 radical (unpaired) electrons. The summed E-state index contributed by atoms with van der Waals surface area (Å²) in [5.74, 6) is 0.921. The van der Waals surface area contributed by atoms with Gasteiger partial charge in [-0.1, -0.05) is 30.3 Å². The lowest BCUT2D eigenvalue weighted by Crippen LogP contribution is -2.47. The van der Waals surface area contributed by atoms with Crippen LogP contribution < -0.4 is 5.32 Å². The van der Waals surface area contributed by atoms with Crippen LogP contribution in [0.25, 0.3) is 0 Å². The number of hydrogen-bond donors (Lipinski definition) is 2. The van der Waals surface area contributed by atoms with Gasteiger partial charge >= 0.3 is 5.97 Å². The van der Waals surface area contributed by atoms with Gasteiger partial charge in [0, 0.05) is 12.4 Å². The predicted molar refractivity (Wildman–Crippen MR) is 85.7 cm³/mol. The van der Waals surface area contributed by atoms with Crippen molar-refractivity contribution in [2.75, 3.05) is 25.2 Å². The number of carbonyl (C=O) groups is 1. The molecule has 1 heterocycles. The zero-order chi connectivity index (χ0) is 15.1. The van der Waals surface area contributed by atoms with E-state index in [0.29, 0.717) is 12.5 Å². The van der Waals surface area contributed by atoms with Gasteiger partial charge in [0.1, 0.15) is 5.54 Å².